The van der Waals surface area contributed by atoms with E-state index in [2.05, 4.69) is 6.07 Å². The fourth-order valence-electron chi connectivity index (χ4n) is 2.86. The van der Waals surface area contributed by atoms with Crippen LogP contribution in [0.25, 0.3) is 17.4 Å². The van der Waals surface area contributed by atoms with Gasteiger partial charge in [0, 0.05) is 17.2 Å². The van der Waals surface area contributed by atoms with Crippen molar-refractivity contribution in [2.24, 2.45) is 0 Å². The number of hydrogen-bond donors (Lipinski definition) is 0. The number of thioether (sulfide) groups is 1. The third-order valence-corrected chi connectivity index (χ3v) is 5.27. The zero-order chi connectivity index (χ0) is 20.4. The Kier molecular flexibility index (Phi) is 5.02. The Morgan fingerprint density at radius 3 is 2.55 bits per heavy atom. The molecule has 0 spiro atoms. The largest absolute Gasteiger partial charge is 0.457 e. The predicted molar refractivity (Wildman–Crippen MR) is 107 cm³/mol. The molecule has 0 radical (unpaired) electrons. The lowest BCUT2D eigenvalue weighted by molar-refractivity contribution is -0.123. The highest BCUT2D eigenvalue weighted by Gasteiger charge is 2.35. The van der Waals surface area contributed by atoms with Crippen LogP contribution in [0.5, 0.6) is 0 Å². The molecule has 4 rings (SSSR count). The summed E-state index contributed by atoms with van der Waals surface area (Å²) >= 11 is 0.792. The minimum absolute atomic E-state index is 0.122. The molecule has 0 aliphatic carbocycles. The zero-order valence-corrected chi connectivity index (χ0v) is 15.8. The van der Waals surface area contributed by atoms with Crippen LogP contribution in [0, 0.1) is 17.1 Å². The van der Waals surface area contributed by atoms with E-state index < -0.39 is 17.0 Å². The molecule has 1 aliphatic rings. The number of imide groups is 1. The van der Waals surface area contributed by atoms with Crippen LogP contribution in [0.1, 0.15) is 16.9 Å². The Morgan fingerprint density at radius 1 is 1.07 bits per heavy atom. The van der Waals surface area contributed by atoms with Crippen LogP contribution in [0.4, 0.5) is 9.18 Å². The summed E-state index contributed by atoms with van der Waals surface area (Å²) < 4.78 is 19.6. The average Bonchev–Trinajstić information content (AvgIpc) is 3.30. The normalized spacial score (nSPS) is 15.2. The van der Waals surface area contributed by atoms with Gasteiger partial charge in [0.05, 0.1) is 23.1 Å². The van der Waals surface area contributed by atoms with Crippen LogP contribution >= 0.6 is 11.8 Å². The number of nitriles is 1. The number of rotatable bonds is 4. The Hall–Kier alpha value is -3.63. The molecular formula is C22H13FN2O3S. The fourth-order valence-corrected chi connectivity index (χ4v) is 3.68. The first-order valence-electron chi connectivity index (χ1n) is 8.64. The van der Waals surface area contributed by atoms with Crippen molar-refractivity contribution in [1.29, 1.82) is 5.26 Å². The molecule has 2 heterocycles. The van der Waals surface area contributed by atoms with Gasteiger partial charge in [-0.1, -0.05) is 18.2 Å². The summed E-state index contributed by atoms with van der Waals surface area (Å²) in [5, 5.41) is 8.42. The molecule has 2 aromatic carbocycles. The maximum absolute atomic E-state index is 13.8. The minimum atomic E-state index is -0.487. The van der Waals surface area contributed by atoms with Crippen molar-refractivity contribution in [1.82, 2.24) is 4.90 Å². The molecule has 7 heteroatoms. The van der Waals surface area contributed by atoms with Gasteiger partial charge in [-0.25, -0.2) is 4.39 Å². The smallest absolute Gasteiger partial charge is 0.293 e. The number of nitrogens with zero attached hydrogens (tertiary/aromatic N) is 2. The number of carbonyl (C=O) groups excluding carboxylic acids is 2. The summed E-state index contributed by atoms with van der Waals surface area (Å²) in [5.41, 5.74) is 1.61. The van der Waals surface area contributed by atoms with Gasteiger partial charge in [-0.3, -0.25) is 14.5 Å². The van der Waals surface area contributed by atoms with E-state index in [1.54, 1.807) is 54.6 Å². The summed E-state index contributed by atoms with van der Waals surface area (Å²) in [6.07, 6.45) is 1.50. The number of carbonyl (C=O) groups is 2. The summed E-state index contributed by atoms with van der Waals surface area (Å²) in [5.74, 6) is 0.0419. The van der Waals surface area contributed by atoms with Crippen LogP contribution < -0.4 is 0 Å². The molecule has 142 valence electrons. The number of halogens is 1. The molecule has 1 fully saturated rings. The minimum Gasteiger partial charge on any atom is -0.457 e. The molecular weight excluding hydrogens is 391 g/mol. The van der Waals surface area contributed by atoms with E-state index in [1.807, 2.05) is 0 Å². The molecule has 1 saturated heterocycles. The van der Waals surface area contributed by atoms with Crippen molar-refractivity contribution < 1.29 is 18.4 Å². The van der Waals surface area contributed by atoms with Crippen LogP contribution in [0.2, 0.25) is 0 Å². The van der Waals surface area contributed by atoms with Gasteiger partial charge in [-0.2, -0.15) is 5.26 Å². The molecule has 0 unspecified atom stereocenters. The number of furan rings is 1. The fraction of sp³-hybridized carbons (Fsp3) is 0.0455. The lowest BCUT2D eigenvalue weighted by atomic mass is 10.1. The third kappa shape index (κ3) is 3.84. The summed E-state index contributed by atoms with van der Waals surface area (Å²) in [7, 11) is 0. The highest BCUT2D eigenvalue weighted by atomic mass is 32.2. The average molecular weight is 404 g/mol. The van der Waals surface area contributed by atoms with Gasteiger partial charge in [0.1, 0.15) is 17.3 Å². The van der Waals surface area contributed by atoms with Crippen molar-refractivity contribution in [3.8, 4) is 17.4 Å². The van der Waals surface area contributed by atoms with Crippen molar-refractivity contribution in [2.75, 3.05) is 0 Å². The molecule has 5 nitrogen and oxygen atoms in total. The van der Waals surface area contributed by atoms with Crippen molar-refractivity contribution in [2.45, 2.75) is 6.54 Å². The monoisotopic (exact) mass is 404 g/mol. The van der Waals surface area contributed by atoms with E-state index in [9.17, 15) is 14.0 Å². The number of hydrogen-bond acceptors (Lipinski definition) is 5. The van der Waals surface area contributed by atoms with E-state index in [0.29, 0.717) is 17.1 Å². The van der Waals surface area contributed by atoms with Crippen molar-refractivity contribution >= 4 is 29.0 Å². The maximum atomic E-state index is 13.8. The van der Waals surface area contributed by atoms with Gasteiger partial charge < -0.3 is 4.42 Å². The van der Waals surface area contributed by atoms with Gasteiger partial charge in [0.15, 0.2) is 0 Å². The molecule has 3 aromatic rings. The Labute approximate surface area is 170 Å². The molecule has 1 aromatic heterocycles. The standard InChI is InChI=1S/C22H13FN2O3S/c23-18-4-2-1-3-16(18)13-25-21(26)20(29-22(25)27)11-17-9-10-19(28-17)15-7-5-14(12-24)6-8-15/h1-11H,13H2/b20-11-. The second-order valence-corrected chi connectivity index (χ2v) is 7.24. The van der Waals surface area contributed by atoms with Gasteiger partial charge in [0.2, 0.25) is 0 Å². The maximum Gasteiger partial charge on any atom is 0.293 e. The number of benzene rings is 2. The summed E-state index contributed by atoms with van der Waals surface area (Å²) in [6, 6.07) is 18.4. The highest BCUT2D eigenvalue weighted by molar-refractivity contribution is 8.18. The van der Waals surface area contributed by atoms with Crippen LogP contribution in [-0.2, 0) is 11.3 Å². The van der Waals surface area contributed by atoms with E-state index >= 15 is 0 Å². The topological polar surface area (TPSA) is 74.3 Å². The Balaban J connectivity index is 1.54. The third-order valence-electron chi connectivity index (χ3n) is 4.36. The van der Waals surface area contributed by atoms with Crippen LogP contribution in [0.3, 0.4) is 0 Å². The summed E-state index contributed by atoms with van der Waals surface area (Å²) in [6.45, 7) is -0.122. The second kappa shape index (κ2) is 7.78. The molecule has 0 N–H and O–H groups in total. The second-order valence-electron chi connectivity index (χ2n) is 6.25. The molecule has 0 atom stereocenters. The van der Waals surface area contributed by atoms with Gasteiger partial charge >= 0.3 is 0 Å². The first-order chi connectivity index (χ1) is 14.0. The quantitative estimate of drug-likeness (QED) is 0.559. The van der Waals surface area contributed by atoms with E-state index in [4.69, 9.17) is 9.68 Å². The summed E-state index contributed by atoms with van der Waals surface area (Å²) in [4.78, 5) is 26.1. The molecule has 2 amide bonds. The van der Waals surface area contributed by atoms with E-state index in [1.165, 1.54) is 12.1 Å². The van der Waals surface area contributed by atoms with Crippen LogP contribution in [-0.4, -0.2) is 16.0 Å². The predicted octanol–water partition coefficient (Wildman–Crippen LogP) is 5.19. The van der Waals surface area contributed by atoms with Crippen LogP contribution in [0.15, 0.2) is 70.0 Å². The van der Waals surface area contributed by atoms with E-state index in [0.717, 1.165) is 22.2 Å². The number of amides is 2. The first kappa shape index (κ1) is 18.7. The zero-order valence-electron chi connectivity index (χ0n) is 15.0. The van der Waals surface area contributed by atoms with Crippen molar-refractivity contribution in [3.05, 3.63) is 88.3 Å². The first-order valence-corrected chi connectivity index (χ1v) is 9.46. The lowest BCUT2D eigenvalue weighted by Gasteiger charge is -2.12. The lowest BCUT2D eigenvalue weighted by Crippen LogP contribution is -2.27. The van der Waals surface area contributed by atoms with Gasteiger partial charge in [-0.05, 0) is 54.2 Å². The Morgan fingerprint density at radius 2 is 1.83 bits per heavy atom. The highest BCUT2D eigenvalue weighted by Crippen LogP contribution is 2.34. The van der Waals surface area contributed by atoms with Crippen molar-refractivity contribution in [3.63, 3.8) is 0 Å². The molecule has 0 bridgehead atoms. The van der Waals surface area contributed by atoms with E-state index in [-0.39, 0.29) is 17.0 Å². The molecule has 1 aliphatic heterocycles. The SMILES string of the molecule is N#Cc1ccc(-c2ccc(/C=C3\SC(=O)N(Cc4ccccc4F)C3=O)o2)cc1. The van der Waals surface area contributed by atoms with Gasteiger partial charge in [0.25, 0.3) is 11.1 Å². The Bertz CT molecular complexity index is 1180. The molecule has 29 heavy (non-hydrogen) atoms. The molecule has 0 saturated carbocycles. The van der Waals surface area contributed by atoms with Gasteiger partial charge in [-0.15, -0.1) is 0 Å².